The summed E-state index contributed by atoms with van der Waals surface area (Å²) in [6.07, 6.45) is 1.30. The Hall–Kier alpha value is -4.62. The van der Waals surface area contributed by atoms with E-state index in [2.05, 4.69) is 5.32 Å². The lowest BCUT2D eigenvalue weighted by Gasteiger charge is -2.05. The number of benzene rings is 2. The minimum Gasteiger partial charge on any atom is -0.478 e. The van der Waals surface area contributed by atoms with Gasteiger partial charge in [-0.2, -0.15) is 10.5 Å². The van der Waals surface area contributed by atoms with E-state index in [0.717, 1.165) is 5.56 Å². The van der Waals surface area contributed by atoms with E-state index < -0.39 is 11.9 Å². The van der Waals surface area contributed by atoms with Crippen molar-refractivity contribution in [3.05, 3.63) is 83.1 Å². The van der Waals surface area contributed by atoms with Crippen LogP contribution in [-0.4, -0.2) is 17.0 Å². The van der Waals surface area contributed by atoms with Crippen molar-refractivity contribution in [2.24, 2.45) is 0 Å². The normalized spacial score (nSPS) is 10.6. The van der Waals surface area contributed by atoms with Gasteiger partial charge in [0.2, 0.25) is 0 Å². The van der Waals surface area contributed by atoms with Crippen LogP contribution in [0.1, 0.15) is 21.7 Å². The van der Waals surface area contributed by atoms with Crippen molar-refractivity contribution in [1.29, 1.82) is 10.5 Å². The third-order valence-corrected chi connectivity index (χ3v) is 3.94. The summed E-state index contributed by atoms with van der Waals surface area (Å²) in [5.74, 6) is -0.989. The number of anilines is 1. The molecule has 0 saturated carbocycles. The summed E-state index contributed by atoms with van der Waals surface area (Å²) < 4.78 is 5.66. The smallest absolute Gasteiger partial charge is 0.335 e. The van der Waals surface area contributed by atoms with Gasteiger partial charge >= 0.3 is 5.97 Å². The molecule has 3 rings (SSSR count). The number of furan rings is 1. The maximum atomic E-state index is 12.4. The summed E-state index contributed by atoms with van der Waals surface area (Å²) in [6, 6.07) is 19.6. The molecule has 140 valence electrons. The van der Waals surface area contributed by atoms with Gasteiger partial charge in [0.25, 0.3) is 5.91 Å². The number of nitriles is 2. The minimum atomic E-state index is -1.12. The molecule has 1 amide bonds. The number of hydrogen-bond donors (Lipinski definition) is 2. The highest BCUT2D eigenvalue weighted by atomic mass is 16.4. The maximum Gasteiger partial charge on any atom is 0.335 e. The predicted octanol–water partition coefficient (Wildman–Crippen LogP) is 4.06. The highest BCUT2D eigenvalue weighted by Gasteiger charge is 2.13. The third kappa shape index (κ3) is 4.57. The van der Waals surface area contributed by atoms with Gasteiger partial charge in [-0.15, -0.1) is 0 Å². The van der Waals surface area contributed by atoms with E-state index in [9.17, 15) is 14.9 Å². The lowest BCUT2D eigenvalue weighted by Crippen LogP contribution is -2.13. The summed E-state index contributed by atoms with van der Waals surface area (Å²) in [4.78, 5) is 23.4. The molecule has 2 N–H and O–H groups in total. The number of carboxylic acids is 1. The average Bonchev–Trinajstić information content (AvgIpc) is 3.20. The Labute approximate surface area is 165 Å². The van der Waals surface area contributed by atoms with Gasteiger partial charge in [-0.3, -0.25) is 4.79 Å². The van der Waals surface area contributed by atoms with Crippen molar-refractivity contribution in [3.8, 4) is 23.5 Å². The van der Waals surface area contributed by atoms with E-state index >= 15 is 0 Å². The van der Waals surface area contributed by atoms with E-state index in [4.69, 9.17) is 14.8 Å². The molecule has 1 aromatic heterocycles. The second-order valence-corrected chi connectivity index (χ2v) is 5.90. The first-order chi connectivity index (χ1) is 14.0. The summed E-state index contributed by atoms with van der Waals surface area (Å²) in [6.45, 7) is 0. The first-order valence-electron chi connectivity index (χ1n) is 8.37. The summed E-state index contributed by atoms with van der Waals surface area (Å²) in [5, 5.41) is 29.7. The molecule has 3 aromatic rings. The number of carboxylic acid groups (broad SMARTS) is 1. The zero-order valence-corrected chi connectivity index (χ0v) is 14.9. The number of amides is 1. The van der Waals surface area contributed by atoms with Crippen LogP contribution in [0, 0.1) is 22.7 Å². The van der Waals surface area contributed by atoms with Gasteiger partial charge in [-0.1, -0.05) is 6.07 Å². The molecule has 7 heteroatoms. The van der Waals surface area contributed by atoms with Gasteiger partial charge in [0, 0.05) is 17.3 Å². The molecule has 0 radical (unpaired) electrons. The lowest BCUT2D eigenvalue weighted by molar-refractivity contribution is -0.112. The Morgan fingerprint density at radius 3 is 2.45 bits per heavy atom. The number of rotatable bonds is 5. The van der Waals surface area contributed by atoms with Crippen LogP contribution in [0.4, 0.5) is 5.69 Å². The number of hydrogen-bond acceptors (Lipinski definition) is 5. The molecule has 0 bridgehead atoms. The molecule has 2 aromatic carbocycles. The van der Waals surface area contributed by atoms with E-state index in [1.807, 2.05) is 12.1 Å². The summed E-state index contributed by atoms with van der Waals surface area (Å²) >= 11 is 0. The Morgan fingerprint density at radius 2 is 1.79 bits per heavy atom. The fraction of sp³-hybridized carbons (Fsp3) is 0. The van der Waals surface area contributed by atoms with E-state index in [-0.39, 0.29) is 16.8 Å². The van der Waals surface area contributed by atoms with E-state index in [1.54, 1.807) is 36.4 Å². The molecular weight excluding hydrogens is 370 g/mol. The second-order valence-electron chi connectivity index (χ2n) is 5.90. The van der Waals surface area contributed by atoms with Crippen molar-refractivity contribution < 1.29 is 19.1 Å². The number of carbonyl (C=O) groups excluding carboxylic acids is 1. The number of carbonyl (C=O) groups is 2. The van der Waals surface area contributed by atoms with Gasteiger partial charge in [-0.05, 0) is 54.6 Å². The predicted molar refractivity (Wildman–Crippen MR) is 104 cm³/mol. The van der Waals surface area contributed by atoms with Crippen molar-refractivity contribution in [2.75, 3.05) is 5.32 Å². The molecule has 7 nitrogen and oxygen atoms in total. The molecular formula is C22H13N3O4. The van der Waals surface area contributed by atoms with Gasteiger partial charge in [-0.25, -0.2) is 4.79 Å². The van der Waals surface area contributed by atoms with Gasteiger partial charge in [0.05, 0.1) is 17.2 Å². The Morgan fingerprint density at radius 1 is 1.03 bits per heavy atom. The van der Waals surface area contributed by atoms with Gasteiger partial charge in [0.1, 0.15) is 23.2 Å². The van der Waals surface area contributed by atoms with Crippen molar-refractivity contribution in [3.63, 3.8) is 0 Å². The first kappa shape index (κ1) is 19.2. The van der Waals surface area contributed by atoms with Crippen LogP contribution in [0.25, 0.3) is 17.4 Å². The molecule has 1 heterocycles. The molecule has 0 spiro atoms. The van der Waals surface area contributed by atoms with Crippen molar-refractivity contribution in [2.45, 2.75) is 0 Å². The van der Waals surface area contributed by atoms with Crippen LogP contribution < -0.4 is 5.32 Å². The topological polar surface area (TPSA) is 127 Å². The quantitative estimate of drug-likeness (QED) is 0.505. The van der Waals surface area contributed by atoms with Crippen LogP contribution in [0.15, 0.2) is 70.7 Å². The zero-order valence-electron chi connectivity index (χ0n) is 14.9. The summed E-state index contributed by atoms with van der Waals surface area (Å²) in [7, 11) is 0. The van der Waals surface area contributed by atoms with Crippen molar-refractivity contribution in [1.82, 2.24) is 0 Å². The van der Waals surface area contributed by atoms with Crippen LogP contribution in [0.5, 0.6) is 0 Å². The largest absolute Gasteiger partial charge is 0.478 e. The first-order valence-corrected chi connectivity index (χ1v) is 8.37. The third-order valence-electron chi connectivity index (χ3n) is 3.94. The molecule has 0 fully saturated rings. The number of nitrogens with zero attached hydrogens (tertiary/aromatic N) is 2. The van der Waals surface area contributed by atoms with Crippen LogP contribution >= 0.6 is 0 Å². The van der Waals surface area contributed by atoms with Gasteiger partial charge < -0.3 is 14.8 Å². The molecule has 0 aliphatic heterocycles. The average molecular weight is 383 g/mol. The van der Waals surface area contributed by atoms with Crippen molar-refractivity contribution >= 4 is 23.6 Å². The lowest BCUT2D eigenvalue weighted by atomic mass is 10.1. The molecule has 0 aliphatic carbocycles. The standard InChI is InChI=1S/C22H13N3O4/c23-12-14-4-6-15(7-5-14)20-9-8-19(29-20)11-17(13-24)21(26)25-18-3-1-2-16(10-18)22(27)28/h1-11H,(H,25,26)(H,27,28)/b17-11-. The molecule has 0 atom stereocenters. The van der Waals surface area contributed by atoms with Crippen LogP contribution in [0.3, 0.4) is 0 Å². The number of aromatic carboxylic acids is 1. The molecule has 29 heavy (non-hydrogen) atoms. The summed E-state index contributed by atoms with van der Waals surface area (Å²) in [5.41, 5.74) is 1.34. The Balaban J connectivity index is 1.79. The molecule has 0 unspecified atom stereocenters. The van der Waals surface area contributed by atoms with E-state index in [0.29, 0.717) is 17.1 Å². The second kappa shape index (κ2) is 8.38. The Bertz CT molecular complexity index is 1190. The highest BCUT2D eigenvalue weighted by molar-refractivity contribution is 6.09. The van der Waals surface area contributed by atoms with Crippen LogP contribution in [0.2, 0.25) is 0 Å². The SMILES string of the molecule is N#C/C(=C/c1ccc(-c2ccc(C#N)cc2)o1)C(=O)Nc1cccc(C(=O)O)c1. The van der Waals surface area contributed by atoms with Crippen LogP contribution in [-0.2, 0) is 4.79 Å². The molecule has 0 aliphatic rings. The monoisotopic (exact) mass is 383 g/mol. The fourth-order valence-corrected chi connectivity index (χ4v) is 2.51. The van der Waals surface area contributed by atoms with Gasteiger partial charge in [0.15, 0.2) is 0 Å². The maximum absolute atomic E-state index is 12.4. The Kier molecular flexibility index (Phi) is 5.53. The zero-order chi connectivity index (χ0) is 20.8. The van der Waals surface area contributed by atoms with E-state index in [1.165, 1.54) is 30.3 Å². The molecule has 0 saturated heterocycles. The fourth-order valence-electron chi connectivity index (χ4n) is 2.51. The minimum absolute atomic E-state index is 0.0170. The highest BCUT2D eigenvalue weighted by Crippen LogP contribution is 2.24. The number of nitrogens with one attached hydrogen (secondary N) is 1.